The lowest BCUT2D eigenvalue weighted by atomic mass is 9.95. The third-order valence-corrected chi connectivity index (χ3v) is 4.60. The van der Waals surface area contributed by atoms with Crippen LogP contribution in [-0.4, -0.2) is 16.5 Å². The summed E-state index contributed by atoms with van der Waals surface area (Å²) in [4.78, 5) is 10.5. The summed E-state index contributed by atoms with van der Waals surface area (Å²) < 4.78 is 1.19. The van der Waals surface area contributed by atoms with E-state index in [0.717, 1.165) is 23.7 Å². The molecule has 0 bridgehead atoms. The fourth-order valence-corrected chi connectivity index (χ4v) is 3.04. The van der Waals surface area contributed by atoms with Gasteiger partial charge in [0.2, 0.25) is 0 Å². The first-order chi connectivity index (χ1) is 8.91. The molecular formula is C15H23N3S. The first-order valence-corrected chi connectivity index (χ1v) is 7.76. The molecule has 0 atom stereocenters. The van der Waals surface area contributed by atoms with Crippen molar-refractivity contribution < 1.29 is 0 Å². The topological polar surface area (TPSA) is 37.8 Å². The van der Waals surface area contributed by atoms with E-state index in [1.54, 1.807) is 0 Å². The number of thiophene rings is 1. The SMILES string of the molecule is CCCCNc1nc(C)nc2cc(C(C)(C)C)sc12. The lowest BCUT2D eigenvalue weighted by Gasteiger charge is -2.14. The molecule has 1 N–H and O–H groups in total. The second kappa shape index (κ2) is 5.45. The van der Waals surface area contributed by atoms with Gasteiger partial charge in [-0.1, -0.05) is 34.1 Å². The zero-order valence-electron chi connectivity index (χ0n) is 12.5. The predicted octanol–water partition coefficient (Wildman–Crippen LogP) is 4.51. The van der Waals surface area contributed by atoms with E-state index in [9.17, 15) is 0 Å². The van der Waals surface area contributed by atoms with Crippen LogP contribution in [-0.2, 0) is 5.41 Å². The molecule has 2 heterocycles. The van der Waals surface area contributed by atoms with Gasteiger partial charge in [0.25, 0.3) is 0 Å². The van der Waals surface area contributed by atoms with Crippen LogP contribution >= 0.6 is 11.3 Å². The fraction of sp³-hybridized carbons (Fsp3) is 0.600. The van der Waals surface area contributed by atoms with Crippen LogP contribution in [0.15, 0.2) is 6.07 Å². The molecule has 0 unspecified atom stereocenters. The molecule has 0 saturated heterocycles. The Morgan fingerprint density at radius 2 is 2.00 bits per heavy atom. The van der Waals surface area contributed by atoms with Gasteiger partial charge in [-0.05, 0) is 24.8 Å². The molecule has 0 fully saturated rings. The molecule has 0 aromatic carbocycles. The molecule has 2 rings (SSSR count). The average molecular weight is 277 g/mol. The maximum Gasteiger partial charge on any atom is 0.147 e. The minimum Gasteiger partial charge on any atom is -0.369 e. The number of aryl methyl sites for hydroxylation is 1. The molecular weight excluding hydrogens is 254 g/mol. The monoisotopic (exact) mass is 277 g/mol. The highest BCUT2D eigenvalue weighted by molar-refractivity contribution is 7.19. The van der Waals surface area contributed by atoms with Crippen LogP contribution in [0.1, 0.15) is 51.2 Å². The smallest absolute Gasteiger partial charge is 0.147 e. The van der Waals surface area contributed by atoms with E-state index in [4.69, 9.17) is 0 Å². The zero-order chi connectivity index (χ0) is 14.0. The van der Waals surface area contributed by atoms with Gasteiger partial charge in [-0.15, -0.1) is 11.3 Å². The van der Waals surface area contributed by atoms with Crippen LogP contribution < -0.4 is 5.32 Å². The number of rotatable bonds is 4. The van der Waals surface area contributed by atoms with Gasteiger partial charge in [0, 0.05) is 11.4 Å². The summed E-state index contributed by atoms with van der Waals surface area (Å²) in [6.07, 6.45) is 2.36. The summed E-state index contributed by atoms with van der Waals surface area (Å²) in [6.45, 7) is 11.8. The number of unbranched alkanes of at least 4 members (excludes halogenated alkanes) is 1. The average Bonchev–Trinajstić information content (AvgIpc) is 2.72. The van der Waals surface area contributed by atoms with Crippen LogP contribution in [0.4, 0.5) is 5.82 Å². The van der Waals surface area contributed by atoms with Gasteiger partial charge in [-0.2, -0.15) is 0 Å². The summed E-state index contributed by atoms with van der Waals surface area (Å²) >= 11 is 1.81. The van der Waals surface area contributed by atoms with Gasteiger partial charge in [0.1, 0.15) is 11.6 Å². The third kappa shape index (κ3) is 3.24. The summed E-state index contributed by atoms with van der Waals surface area (Å²) in [7, 11) is 0. The van der Waals surface area contributed by atoms with E-state index >= 15 is 0 Å². The van der Waals surface area contributed by atoms with E-state index in [0.29, 0.717) is 0 Å². The highest BCUT2D eigenvalue weighted by Crippen LogP contribution is 2.36. The van der Waals surface area contributed by atoms with Gasteiger partial charge < -0.3 is 5.32 Å². The minimum absolute atomic E-state index is 0.167. The molecule has 2 aromatic rings. The van der Waals surface area contributed by atoms with Crippen molar-refractivity contribution in [2.24, 2.45) is 0 Å². The lowest BCUT2D eigenvalue weighted by molar-refractivity contribution is 0.604. The van der Waals surface area contributed by atoms with E-state index in [2.05, 4.69) is 49.0 Å². The standard InChI is InChI=1S/C15H23N3S/c1-6-7-8-16-14-13-11(17-10(2)18-14)9-12(19-13)15(3,4)5/h9H,6-8H2,1-5H3,(H,16,17,18). The Morgan fingerprint density at radius 3 is 2.63 bits per heavy atom. The van der Waals surface area contributed by atoms with Crippen LogP contribution in [0.2, 0.25) is 0 Å². The van der Waals surface area contributed by atoms with E-state index in [1.165, 1.54) is 22.4 Å². The number of hydrogen-bond acceptors (Lipinski definition) is 4. The summed E-state index contributed by atoms with van der Waals surface area (Å²) in [5, 5.41) is 3.45. The molecule has 3 nitrogen and oxygen atoms in total. The predicted molar refractivity (Wildman–Crippen MR) is 84.2 cm³/mol. The Labute approximate surface area is 119 Å². The van der Waals surface area contributed by atoms with E-state index in [1.807, 2.05) is 18.3 Å². The Hall–Kier alpha value is -1.16. The molecule has 4 heteroatoms. The van der Waals surface area contributed by atoms with Crippen LogP contribution in [0, 0.1) is 6.92 Å². The van der Waals surface area contributed by atoms with Gasteiger partial charge in [0.05, 0.1) is 10.2 Å². The second-order valence-electron chi connectivity index (χ2n) is 5.97. The molecule has 19 heavy (non-hydrogen) atoms. The number of hydrogen-bond donors (Lipinski definition) is 1. The van der Waals surface area contributed by atoms with E-state index in [-0.39, 0.29) is 5.41 Å². The van der Waals surface area contributed by atoms with Crippen molar-refractivity contribution in [1.82, 2.24) is 9.97 Å². The molecule has 0 aliphatic rings. The second-order valence-corrected chi connectivity index (χ2v) is 7.03. The van der Waals surface area contributed by atoms with Crippen molar-refractivity contribution in [2.45, 2.75) is 52.9 Å². The third-order valence-electron chi connectivity index (χ3n) is 3.05. The molecule has 0 spiro atoms. The van der Waals surface area contributed by atoms with Crippen molar-refractivity contribution in [3.05, 3.63) is 16.8 Å². The Kier molecular flexibility index (Phi) is 4.09. The van der Waals surface area contributed by atoms with E-state index < -0.39 is 0 Å². The number of anilines is 1. The Balaban J connectivity index is 2.42. The summed E-state index contributed by atoms with van der Waals surface area (Å²) in [5.74, 6) is 1.83. The highest BCUT2D eigenvalue weighted by Gasteiger charge is 2.19. The van der Waals surface area contributed by atoms with Crippen molar-refractivity contribution >= 4 is 27.4 Å². The molecule has 104 valence electrons. The Morgan fingerprint density at radius 1 is 1.26 bits per heavy atom. The maximum atomic E-state index is 4.56. The van der Waals surface area contributed by atoms with Crippen molar-refractivity contribution in [1.29, 1.82) is 0 Å². The first kappa shape index (κ1) is 14.3. The summed E-state index contributed by atoms with van der Waals surface area (Å²) in [6, 6.07) is 2.21. The van der Waals surface area contributed by atoms with Gasteiger partial charge in [-0.3, -0.25) is 0 Å². The normalized spacial score (nSPS) is 12.1. The number of fused-ring (bicyclic) bond motifs is 1. The van der Waals surface area contributed by atoms with Crippen molar-refractivity contribution in [3.8, 4) is 0 Å². The lowest BCUT2D eigenvalue weighted by Crippen LogP contribution is -2.07. The van der Waals surface area contributed by atoms with Crippen LogP contribution in [0.5, 0.6) is 0 Å². The molecule has 0 radical (unpaired) electrons. The minimum atomic E-state index is 0.167. The molecule has 0 aliphatic heterocycles. The van der Waals surface area contributed by atoms with Crippen molar-refractivity contribution in [3.63, 3.8) is 0 Å². The van der Waals surface area contributed by atoms with Crippen LogP contribution in [0.25, 0.3) is 10.2 Å². The molecule has 0 aliphatic carbocycles. The fourth-order valence-electron chi connectivity index (χ4n) is 1.92. The van der Waals surface area contributed by atoms with Crippen LogP contribution in [0.3, 0.4) is 0 Å². The number of aromatic nitrogens is 2. The van der Waals surface area contributed by atoms with Crippen molar-refractivity contribution in [2.75, 3.05) is 11.9 Å². The highest BCUT2D eigenvalue weighted by atomic mass is 32.1. The largest absolute Gasteiger partial charge is 0.369 e. The molecule has 0 amide bonds. The van der Waals surface area contributed by atoms with Gasteiger partial charge >= 0.3 is 0 Å². The maximum absolute atomic E-state index is 4.56. The molecule has 2 aromatic heterocycles. The number of nitrogens with one attached hydrogen (secondary N) is 1. The number of nitrogens with zero attached hydrogens (tertiary/aromatic N) is 2. The molecule has 0 saturated carbocycles. The Bertz CT molecular complexity index is 567. The van der Waals surface area contributed by atoms with Gasteiger partial charge in [0.15, 0.2) is 0 Å². The first-order valence-electron chi connectivity index (χ1n) is 6.94. The summed E-state index contributed by atoms with van der Waals surface area (Å²) in [5.41, 5.74) is 1.24. The zero-order valence-corrected chi connectivity index (χ0v) is 13.3. The quantitative estimate of drug-likeness (QED) is 0.836. The van der Waals surface area contributed by atoms with Gasteiger partial charge in [-0.25, -0.2) is 9.97 Å².